The third kappa shape index (κ3) is 6.46. The van der Waals surface area contributed by atoms with Gasteiger partial charge in [0.2, 0.25) is 0 Å². The topological polar surface area (TPSA) is 63.6 Å². The highest BCUT2D eigenvalue weighted by molar-refractivity contribution is 7.92. The number of allylic oxidation sites excluding steroid dienone is 6. The summed E-state index contributed by atoms with van der Waals surface area (Å²) in [5, 5.41) is 8.61. The molecule has 4 nitrogen and oxygen atoms in total. The highest BCUT2D eigenvalue weighted by Crippen LogP contribution is 2.40. The first-order chi connectivity index (χ1) is 15.0. The van der Waals surface area contributed by atoms with Gasteiger partial charge in [-0.15, -0.1) is 0 Å². The summed E-state index contributed by atoms with van der Waals surface area (Å²) in [5.41, 5.74) is 4.66. The summed E-state index contributed by atoms with van der Waals surface area (Å²) < 4.78 is 31.9. The molecular formula is C27H38O4S. The molecule has 32 heavy (non-hydrogen) atoms. The number of aliphatic hydroxyl groups excluding tert-OH is 1. The Morgan fingerprint density at radius 2 is 1.84 bits per heavy atom. The van der Waals surface area contributed by atoms with E-state index in [1.165, 1.54) is 24.0 Å². The molecule has 1 aliphatic carbocycles. The van der Waals surface area contributed by atoms with E-state index in [9.17, 15) is 13.5 Å². The fourth-order valence-corrected chi connectivity index (χ4v) is 6.13. The molecule has 0 spiro atoms. The van der Waals surface area contributed by atoms with E-state index in [2.05, 4.69) is 32.9 Å². The lowest BCUT2D eigenvalue weighted by atomic mass is 9.72. The number of sulfone groups is 1. The zero-order valence-corrected chi connectivity index (χ0v) is 21.1. The van der Waals surface area contributed by atoms with Crippen LogP contribution in [0.4, 0.5) is 0 Å². The first-order valence-corrected chi connectivity index (χ1v) is 12.8. The molecule has 0 amide bonds. The molecule has 1 atom stereocenters. The summed E-state index contributed by atoms with van der Waals surface area (Å²) in [7, 11) is -2.07. The average Bonchev–Trinajstić information content (AvgIpc) is 2.73. The molecular weight excluding hydrogens is 420 g/mol. The van der Waals surface area contributed by atoms with Crippen molar-refractivity contribution in [3.63, 3.8) is 0 Å². The van der Waals surface area contributed by atoms with Crippen LogP contribution in [0.2, 0.25) is 0 Å². The van der Waals surface area contributed by atoms with Crippen molar-refractivity contribution in [3.05, 3.63) is 70.9 Å². The normalized spacial score (nSPS) is 18.8. The zero-order chi connectivity index (χ0) is 23.9. The number of hydrogen-bond donors (Lipinski definition) is 1. The molecule has 1 aromatic carbocycles. The number of rotatable bonds is 9. The second-order valence-corrected chi connectivity index (χ2v) is 11.4. The maximum Gasteiger partial charge on any atom is 0.185 e. The first kappa shape index (κ1) is 26.1. The highest BCUT2D eigenvalue weighted by Gasteiger charge is 2.28. The van der Waals surface area contributed by atoms with Crippen LogP contribution in [0, 0.1) is 5.41 Å². The predicted molar refractivity (Wildman–Crippen MR) is 133 cm³/mol. The molecule has 5 heteroatoms. The molecule has 0 radical (unpaired) electrons. The standard InChI is InChI=1S/C27H38O4S/c1-20(9-15-25-21(2)8-7-18-27(25,4)5)10-16-26(22(3)17-19-28)32(29,30)24-13-11-23(31-6)12-14-24/h9-15,17,26,28H,7-8,16,18-19H2,1-6H3. The third-order valence-electron chi connectivity index (χ3n) is 6.39. The van der Waals surface area contributed by atoms with Gasteiger partial charge in [0.05, 0.1) is 23.9 Å². The van der Waals surface area contributed by atoms with Gasteiger partial charge in [0.25, 0.3) is 0 Å². The van der Waals surface area contributed by atoms with Crippen molar-refractivity contribution >= 4 is 9.84 Å². The van der Waals surface area contributed by atoms with E-state index in [0.29, 0.717) is 17.7 Å². The molecule has 1 aliphatic rings. The smallest absolute Gasteiger partial charge is 0.185 e. The Hall–Kier alpha value is -2.11. The van der Waals surface area contributed by atoms with Crippen LogP contribution in [0.3, 0.4) is 0 Å². The summed E-state index contributed by atoms with van der Waals surface area (Å²) in [5.74, 6) is 0.610. The lowest BCUT2D eigenvalue weighted by molar-refractivity contribution is 0.341. The van der Waals surface area contributed by atoms with Gasteiger partial charge in [-0.2, -0.15) is 0 Å². The predicted octanol–water partition coefficient (Wildman–Crippen LogP) is 6.20. The van der Waals surface area contributed by atoms with Crippen molar-refractivity contribution in [2.24, 2.45) is 5.41 Å². The zero-order valence-electron chi connectivity index (χ0n) is 20.3. The van der Waals surface area contributed by atoms with Crippen LogP contribution < -0.4 is 4.74 Å². The molecule has 0 bridgehead atoms. The number of methoxy groups -OCH3 is 1. The largest absolute Gasteiger partial charge is 0.497 e. The minimum Gasteiger partial charge on any atom is -0.497 e. The SMILES string of the molecule is COc1ccc(S(=O)(=O)C(CC=C(C)C=CC2=C(C)CCCC2(C)C)C(C)=CCO)cc1. The molecule has 176 valence electrons. The van der Waals surface area contributed by atoms with E-state index in [1.807, 2.05) is 13.0 Å². The molecule has 2 rings (SSSR count). The third-order valence-corrected chi connectivity index (χ3v) is 8.64. The number of aliphatic hydroxyl groups is 1. The van der Waals surface area contributed by atoms with Crippen LogP contribution in [0.15, 0.2) is 75.8 Å². The first-order valence-electron chi connectivity index (χ1n) is 11.2. The minimum atomic E-state index is -3.62. The quantitative estimate of drug-likeness (QED) is 0.354. The van der Waals surface area contributed by atoms with Gasteiger partial charge < -0.3 is 9.84 Å². The summed E-state index contributed by atoms with van der Waals surface area (Å²) >= 11 is 0. The van der Waals surface area contributed by atoms with Crippen LogP contribution >= 0.6 is 0 Å². The molecule has 0 aliphatic heterocycles. The maximum absolute atomic E-state index is 13.4. The van der Waals surface area contributed by atoms with Gasteiger partial charge in [-0.25, -0.2) is 8.42 Å². The van der Waals surface area contributed by atoms with Crippen molar-refractivity contribution in [2.75, 3.05) is 13.7 Å². The van der Waals surface area contributed by atoms with Gasteiger partial charge in [0.1, 0.15) is 5.75 Å². The second kappa shape index (κ2) is 11.2. The lowest BCUT2D eigenvalue weighted by Crippen LogP contribution is -2.23. The van der Waals surface area contributed by atoms with Gasteiger partial charge in [-0.3, -0.25) is 0 Å². The molecule has 1 unspecified atom stereocenters. The molecule has 0 saturated heterocycles. The Labute approximate surface area is 194 Å². The average molecular weight is 459 g/mol. The van der Waals surface area contributed by atoms with Gasteiger partial charge in [0, 0.05) is 0 Å². The Balaban J connectivity index is 2.30. The molecule has 1 N–H and O–H groups in total. The number of hydrogen-bond acceptors (Lipinski definition) is 4. The maximum atomic E-state index is 13.4. The summed E-state index contributed by atoms with van der Waals surface area (Å²) in [4.78, 5) is 0.250. The Morgan fingerprint density at radius 1 is 1.19 bits per heavy atom. The van der Waals surface area contributed by atoms with Crippen molar-refractivity contribution < 1.29 is 18.3 Å². The van der Waals surface area contributed by atoms with Crippen LogP contribution in [0.25, 0.3) is 0 Å². The van der Waals surface area contributed by atoms with Crippen LogP contribution in [0.1, 0.15) is 60.3 Å². The number of benzene rings is 1. The Bertz CT molecular complexity index is 1010. The van der Waals surface area contributed by atoms with Gasteiger partial charge in [-0.1, -0.05) is 54.9 Å². The van der Waals surface area contributed by atoms with Crippen molar-refractivity contribution in [2.45, 2.75) is 70.4 Å². The molecule has 0 heterocycles. The van der Waals surface area contributed by atoms with Gasteiger partial charge in [-0.05, 0) is 81.7 Å². The summed E-state index contributed by atoms with van der Waals surface area (Å²) in [6, 6.07) is 6.45. The Kier molecular flexibility index (Phi) is 9.11. The summed E-state index contributed by atoms with van der Waals surface area (Å²) in [6.07, 6.45) is 11.7. The van der Waals surface area contributed by atoms with Gasteiger partial charge in [0.15, 0.2) is 9.84 Å². The van der Waals surface area contributed by atoms with Crippen LogP contribution in [-0.4, -0.2) is 32.5 Å². The molecule has 1 aromatic rings. The van der Waals surface area contributed by atoms with Crippen molar-refractivity contribution in [1.82, 2.24) is 0 Å². The Morgan fingerprint density at radius 3 is 2.41 bits per heavy atom. The van der Waals surface area contributed by atoms with Crippen LogP contribution in [-0.2, 0) is 9.84 Å². The van der Waals surface area contributed by atoms with Crippen LogP contribution in [0.5, 0.6) is 5.75 Å². The molecule has 0 fully saturated rings. The molecule has 0 saturated carbocycles. The fraction of sp³-hybridized carbons (Fsp3) is 0.481. The van der Waals surface area contributed by atoms with E-state index in [-0.39, 0.29) is 16.9 Å². The van der Waals surface area contributed by atoms with Crippen molar-refractivity contribution in [1.29, 1.82) is 0 Å². The summed E-state index contributed by atoms with van der Waals surface area (Å²) in [6.45, 7) is 10.4. The number of ether oxygens (including phenoxy) is 1. The van der Waals surface area contributed by atoms with E-state index >= 15 is 0 Å². The lowest BCUT2D eigenvalue weighted by Gasteiger charge is -2.33. The van der Waals surface area contributed by atoms with Gasteiger partial charge >= 0.3 is 0 Å². The molecule has 0 aromatic heterocycles. The minimum absolute atomic E-state index is 0.166. The monoisotopic (exact) mass is 458 g/mol. The van der Waals surface area contributed by atoms with E-state index in [4.69, 9.17) is 4.74 Å². The van der Waals surface area contributed by atoms with E-state index in [1.54, 1.807) is 44.4 Å². The second-order valence-electron chi connectivity index (χ2n) is 9.29. The fourth-order valence-electron chi connectivity index (χ4n) is 4.35. The van der Waals surface area contributed by atoms with E-state index in [0.717, 1.165) is 12.0 Å². The van der Waals surface area contributed by atoms with Crippen molar-refractivity contribution in [3.8, 4) is 5.75 Å². The van der Waals surface area contributed by atoms with E-state index < -0.39 is 15.1 Å². The highest BCUT2D eigenvalue weighted by atomic mass is 32.2.